The Bertz CT molecular complexity index is 998. The normalized spacial score (nSPS) is 13.5. The third kappa shape index (κ3) is 4.19. The predicted octanol–water partition coefficient (Wildman–Crippen LogP) is 1.85. The largest absolute Gasteiger partial charge is 0.481 e. The third-order valence-electron chi connectivity index (χ3n) is 3.92. The molecule has 0 aliphatic heterocycles. The Balaban J connectivity index is 1.81. The zero-order valence-corrected chi connectivity index (χ0v) is 15.9. The van der Waals surface area contributed by atoms with Crippen LogP contribution in [0, 0.1) is 5.92 Å². The van der Waals surface area contributed by atoms with Crippen LogP contribution in [0.25, 0.3) is 0 Å². The van der Waals surface area contributed by atoms with Crippen LogP contribution in [-0.4, -0.2) is 43.8 Å². The van der Waals surface area contributed by atoms with Gasteiger partial charge in [0, 0.05) is 5.92 Å². The fourth-order valence-corrected chi connectivity index (χ4v) is 3.93. The highest BCUT2D eigenvalue weighted by Gasteiger charge is 2.40. The average Bonchev–Trinajstić information content (AvgIpc) is 3.52. The van der Waals surface area contributed by atoms with E-state index in [9.17, 15) is 18.0 Å². The Kier molecular flexibility index (Phi) is 5.45. The van der Waals surface area contributed by atoms with E-state index in [2.05, 4.69) is 20.6 Å². The van der Waals surface area contributed by atoms with Crippen molar-refractivity contribution in [3.05, 3.63) is 30.3 Å². The molecule has 3 rings (SSSR count). The van der Waals surface area contributed by atoms with Gasteiger partial charge in [-0.15, -0.1) is 0 Å². The number of nitrogens with zero attached hydrogens (tertiary/aromatic N) is 2. The number of benzene rings is 1. The van der Waals surface area contributed by atoms with Gasteiger partial charge in [-0.25, -0.2) is 13.2 Å². The van der Waals surface area contributed by atoms with Gasteiger partial charge in [0.25, 0.3) is 5.12 Å². The summed E-state index contributed by atoms with van der Waals surface area (Å²) in [5, 5.41) is 3.95. The fourth-order valence-electron chi connectivity index (χ4n) is 2.38. The molecule has 0 unspecified atom stereocenters. The molecule has 0 saturated heterocycles. The molecule has 10 nitrogen and oxygen atoms in total. The highest BCUT2D eigenvalue weighted by Crippen LogP contribution is 2.35. The van der Waals surface area contributed by atoms with E-state index in [0.717, 1.165) is 0 Å². The van der Waals surface area contributed by atoms with Crippen LogP contribution in [0.4, 0.5) is 16.4 Å². The van der Waals surface area contributed by atoms with Gasteiger partial charge in [-0.2, -0.15) is 9.97 Å². The minimum absolute atomic E-state index is 0.0242. The van der Waals surface area contributed by atoms with E-state index in [0.29, 0.717) is 12.8 Å². The molecule has 0 bridgehead atoms. The lowest BCUT2D eigenvalue weighted by molar-refractivity contribution is -0.112. The van der Waals surface area contributed by atoms with Crippen molar-refractivity contribution >= 4 is 32.6 Å². The van der Waals surface area contributed by atoms with Crippen LogP contribution in [0.2, 0.25) is 0 Å². The zero-order valence-electron chi connectivity index (χ0n) is 15.1. The first-order chi connectivity index (χ1) is 13.3. The quantitative estimate of drug-likeness (QED) is 0.741. The van der Waals surface area contributed by atoms with Crippen molar-refractivity contribution in [3.63, 3.8) is 0 Å². The lowest BCUT2D eigenvalue weighted by Gasteiger charge is -2.12. The Morgan fingerprint density at radius 1 is 1.04 bits per heavy atom. The van der Waals surface area contributed by atoms with Crippen LogP contribution in [0.3, 0.4) is 0 Å². The molecular formula is C17H18N4O6S. The summed E-state index contributed by atoms with van der Waals surface area (Å²) in [5.74, 6) is -0.243. The molecule has 1 fully saturated rings. The number of rotatable bonds is 6. The molecular weight excluding hydrogens is 388 g/mol. The summed E-state index contributed by atoms with van der Waals surface area (Å²) in [6, 6.07) is 6.31. The maximum absolute atomic E-state index is 12.6. The van der Waals surface area contributed by atoms with E-state index in [1.54, 1.807) is 6.07 Å². The molecule has 0 spiro atoms. The number of carbonyl (C=O) groups is 2. The van der Waals surface area contributed by atoms with Crippen LogP contribution in [0.1, 0.15) is 12.8 Å². The summed E-state index contributed by atoms with van der Waals surface area (Å²) in [7, 11) is -1.41. The van der Waals surface area contributed by atoms with Crippen LogP contribution in [0.5, 0.6) is 11.8 Å². The Morgan fingerprint density at radius 3 is 2.21 bits per heavy atom. The second kappa shape index (κ2) is 7.80. The first-order valence-corrected chi connectivity index (χ1v) is 9.76. The minimum atomic E-state index is -4.20. The summed E-state index contributed by atoms with van der Waals surface area (Å²) in [4.78, 5) is 32.1. The van der Waals surface area contributed by atoms with Gasteiger partial charge < -0.3 is 14.8 Å². The number of carbonyl (C=O) groups excluding carboxylic acids is 2. The third-order valence-corrected chi connectivity index (χ3v) is 5.72. The topological polar surface area (TPSA) is 137 Å². The number of para-hydroxylation sites is 1. The second-order valence-electron chi connectivity index (χ2n) is 5.95. The van der Waals surface area contributed by atoms with Crippen molar-refractivity contribution in [2.75, 3.05) is 24.9 Å². The number of aromatic nitrogens is 2. The molecule has 1 aromatic carbocycles. The maximum Gasteiger partial charge on any atom is 0.326 e. The molecule has 11 heteroatoms. The molecule has 1 aliphatic carbocycles. The van der Waals surface area contributed by atoms with Gasteiger partial charge in [-0.1, -0.05) is 12.1 Å². The SMILES string of the molecule is COc1cc(OC)nc(NC(=O)Nc2ccccc2S(=O)(=O)C(=O)C2CC2)n1. The van der Waals surface area contributed by atoms with Crippen molar-refractivity contribution < 1.29 is 27.5 Å². The summed E-state index contributed by atoms with van der Waals surface area (Å²) in [6.45, 7) is 0. The van der Waals surface area contributed by atoms with E-state index < -0.39 is 26.9 Å². The summed E-state index contributed by atoms with van der Waals surface area (Å²) >= 11 is 0. The number of ether oxygens (including phenoxy) is 2. The molecule has 1 aromatic heterocycles. The standard InChI is InChI=1S/C17H18N4O6S/c1-26-13-9-14(27-2)20-16(19-13)21-17(23)18-11-5-3-4-6-12(11)28(24,25)15(22)10-7-8-10/h3-6,9-10H,7-8H2,1-2H3,(H2,18,19,20,21,23). The smallest absolute Gasteiger partial charge is 0.326 e. The molecule has 1 aliphatic rings. The van der Waals surface area contributed by atoms with Gasteiger partial charge in [0.05, 0.1) is 30.9 Å². The van der Waals surface area contributed by atoms with E-state index in [1.807, 2.05) is 0 Å². The van der Waals surface area contributed by atoms with Crippen LogP contribution >= 0.6 is 0 Å². The lowest BCUT2D eigenvalue weighted by atomic mass is 10.3. The van der Waals surface area contributed by atoms with Gasteiger partial charge in [0.1, 0.15) is 0 Å². The Hall–Kier alpha value is -3.21. The number of sulfone groups is 1. The number of methoxy groups -OCH3 is 2. The van der Waals surface area contributed by atoms with Gasteiger partial charge in [0.15, 0.2) is 0 Å². The van der Waals surface area contributed by atoms with E-state index in [4.69, 9.17) is 9.47 Å². The number of nitrogens with one attached hydrogen (secondary N) is 2. The molecule has 148 valence electrons. The van der Waals surface area contributed by atoms with Crippen molar-refractivity contribution in [3.8, 4) is 11.8 Å². The van der Waals surface area contributed by atoms with E-state index in [1.165, 1.54) is 38.5 Å². The highest BCUT2D eigenvalue weighted by atomic mass is 32.2. The summed E-state index contributed by atoms with van der Waals surface area (Å²) in [5.41, 5.74) is -0.0242. The monoisotopic (exact) mass is 406 g/mol. The number of anilines is 2. The fraction of sp³-hybridized carbons (Fsp3) is 0.294. The molecule has 0 radical (unpaired) electrons. The number of hydrogen-bond donors (Lipinski definition) is 2. The Labute approximate surface area is 161 Å². The predicted molar refractivity (Wildman–Crippen MR) is 99.1 cm³/mol. The molecule has 2 aromatic rings. The lowest BCUT2D eigenvalue weighted by Crippen LogP contribution is -2.24. The second-order valence-corrected chi connectivity index (χ2v) is 7.80. The minimum Gasteiger partial charge on any atom is -0.481 e. The molecule has 28 heavy (non-hydrogen) atoms. The van der Waals surface area contributed by atoms with Gasteiger partial charge >= 0.3 is 6.03 Å². The highest BCUT2D eigenvalue weighted by molar-refractivity contribution is 8.06. The van der Waals surface area contributed by atoms with Gasteiger partial charge in [0.2, 0.25) is 27.5 Å². The number of urea groups is 1. The first kappa shape index (κ1) is 19.5. The summed E-state index contributed by atoms with van der Waals surface area (Å²) in [6.07, 6.45) is 1.12. The van der Waals surface area contributed by atoms with Crippen molar-refractivity contribution in [1.29, 1.82) is 0 Å². The average molecular weight is 406 g/mol. The molecule has 2 N–H and O–H groups in total. The van der Waals surface area contributed by atoms with Gasteiger partial charge in [-0.3, -0.25) is 10.1 Å². The van der Waals surface area contributed by atoms with Crippen LogP contribution < -0.4 is 20.1 Å². The first-order valence-electron chi connectivity index (χ1n) is 8.28. The Morgan fingerprint density at radius 2 is 1.64 bits per heavy atom. The van der Waals surface area contributed by atoms with Crippen molar-refractivity contribution in [1.82, 2.24) is 9.97 Å². The van der Waals surface area contributed by atoms with Gasteiger partial charge in [-0.05, 0) is 25.0 Å². The number of amides is 2. The molecule has 0 atom stereocenters. The van der Waals surface area contributed by atoms with E-state index >= 15 is 0 Å². The van der Waals surface area contributed by atoms with Crippen LogP contribution in [0.15, 0.2) is 35.2 Å². The van der Waals surface area contributed by atoms with Crippen LogP contribution in [-0.2, 0) is 14.6 Å². The molecule has 1 heterocycles. The molecule has 1 saturated carbocycles. The molecule has 2 amide bonds. The van der Waals surface area contributed by atoms with Crippen molar-refractivity contribution in [2.24, 2.45) is 5.92 Å². The van der Waals surface area contributed by atoms with E-state index in [-0.39, 0.29) is 28.3 Å². The zero-order chi connectivity index (χ0) is 20.3. The van der Waals surface area contributed by atoms with Crippen molar-refractivity contribution in [2.45, 2.75) is 17.7 Å². The summed E-state index contributed by atoms with van der Waals surface area (Å²) < 4.78 is 35.1. The maximum atomic E-state index is 12.6. The number of hydrogen-bond acceptors (Lipinski definition) is 8.